The Hall–Kier alpha value is -1.58. The van der Waals surface area contributed by atoms with Crippen LogP contribution in [0, 0.1) is 0 Å². The maximum Gasteiger partial charge on any atom is 0.330 e. The molecule has 102 valence electrons. The molecule has 0 spiro atoms. The first-order chi connectivity index (χ1) is 8.70. The second kappa shape index (κ2) is 11.9. The van der Waals surface area contributed by atoms with E-state index in [0.717, 1.165) is 25.7 Å². The predicted octanol–water partition coefficient (Wildman–Crippen LogP) is 2.79. The molecular formula is C14H22O4. The van der Waals surface area contributed by atoms with Crippen LogP contribution in [0.25, 0.3) is 0 Å². The average Bonchev–Trinajstić information content (AvgIpc) is 2.33. The van der Waals surface area contributed by atoms with Crippen molar-refractivity contribution in [1.82, 2.24) is 0 Å². The Bertz CT molecular complexity index is 262. The van der Waals surface area contributed by atoms with Crippen LogP contribution in [0.1, 0.15) is 39.5 Å². The first-order valence-electron chi connectivity index (χ1n) is 6.37. The van der Waals surface area contributed by atoms with E-state index in [-0.39, 0.29) is 11.9 Å². The zero-order valence-corrected chi connectivity index (χ0v) is 11.2. The maximum atomic E-state index is 10.9. The summed E-state index contributed by atoms with van der Waals surface area (Å²) in [6.45, 7) is 4.37. The van der Waals surface area contributed by atoms with Crippen LogP contribution in [0.4, 0.5) is 0 Å². The molecule has 0 unspecified atom stereocenters. The van der Waals surface area contributed by atoms with Gasteiger partial charge in [0, 0.05) is 12.2 Å². The molecule has 4 heteroatoms. The van der Waals surface area contributed by atoms with Gasteiger partial charge in [-0.1, -0.05) is 12.2 Å². The summed E-state index contributed by atoms with van der Waals surface area (Å²) in [5.41, 5.74) is 0. The SMILES string of the molecule is CCOC(=O)C=CCCCCC=CC(=O)OCC. The Morgan fingerprint density at radius 2 is 1.22 bits per heavy atom. The lowest BCUT2D eigenvalue weighted by molar-refractivity contribution is -0.138. The Morgan fingerprint density at radius 3 is 1.56 bits per heavy atom. The van der Waals surface area contributed by atoms with Gasteiger partial charge in [0.25, 0.3) is 0 Å². The number of ether oxygens (including phenoxy) is 2. The van der Waals surface area contributed by atoms with Gasteiger partial charge in [0.1, 0.15) is 0 Å². The molecule has 0 N–H and O–H groups in total. The summed E-state index contributed by atoms with van der Waals surface area (Å²) in [5.74, 6) is -0.584. The normalized spacial score (nSPS) is 11.0. The highest BCUT2D eigenvalue weighted by molar-refractivity contribution is 5.82. The van der Waals surface area contributed by atoms with Gasteiger partial charge in [0.2, 0.25) is 0 Å². The standard InChI is InChI=1S/C14H22O4/c1-3-17-13(15)11-9-7-5-6-8-10-12-14(16)18-4-2/h9-12H,3-8H2,1-2H3. The van der Waals surface area contributed by atoms with Gasteiger partial charge in [0.05, 0.1) is 13.2 Å². The Labute approximate surface area is 109 Å². The van der Waals surface area contributed by atoms with E-state index >= 15 is 0 Å². The monoisotopic (exact) mass is 254 g/mol. The highest BCUT2D eigenvalue weighted by Gasteiger charge is 1.93. The zero-order chi connectivity index (χ0) is 13.6. The van der Waals surface area contributed by atoms with E-state index in [1.807, 2.05) is 12.2 Å². The van der Waals surface area contributed by atoms with E-state index in [1.54, 1.807) is 13.8 Å². The van der Waals surface area contributed by atoms with E-state index in [9.17, 15) is 9.59 Å². The minimum absolute atomic E-state index is 0.292. The van der Waals surface area contributed by atoms with Gasteiger partial charge < -0.3 is 9.47 Å². The molecule has 4 nitrogen and oxygen atoms in total. The quantitative estimate of drug-likeness (QED) is 0.360. The summed E-state index contributed by atoms with van der Waals surface area (Å²) >= 11 is 0. The van der Waals surface area contributed by atoms with Gasteiger partial charge in [-0.15, -0.1) is 0 Å². The van der Waals surface area contributed by atoms with Crippen molar-refractivity contribution in [2.24, 2.45) is 0 Å². The molecule has 18 heavy (non-hydrogen) atoms. The number of esters is 2. The molecule has 0 saturated carbocycles. The van der Waals surface area contributed by atoms with Crippen LogP contribution in [0.15, 0.2) is 24.3 Å². The number of hydrogen-bond acceptors (Lipinski definition) is 4. The van der Waals surface area contributed by atoms with Crippen molar-refractivity contribution in [3.63, 3.8) is 0 Å². The minimum Gasteiger partial charge on any atom is -0.463 e. The van der Waals surface area contributed by atoms with Crippen LogP contribution in [0.5, 0.6) is 0 Å². The molecule has 0 aliphatic rings. The van der Waals surface area contributed by atoms with Crippen LogP contribution in [-0.2, 0) is 19.1 Å². The summed E-state index contributed by atoms with van der Waals surface area (Å²) < 4.78 is 9.50. The fourth-order valence-corrected chi connectivity index (χ4v) is 1.26. The van der Waals surface area contributed by atoms with Crippen molar-refractivity contribution in [1.29, 1.82) is 0 Å². The second-order valence-corrected chi connectivity index (χ2v) is 3.59. The summed E-state index contributed by atoms with van der Waals surface area (Å²) in [5, 5.41) is 0. The number of rotatable bonds is 9. The van der Waals surface area contributed by atoms with Crippen molar-refractivity contribution >= 4 is 11.9 Å². The first kappa shape index (κ1) is 16.4. The Kier molecular flexibility index (Phi) is 10.8. The average molecular weight is 254 g/mol. The van der Waals surface area contributed by atoms with Gasteiger partial charge >= 0.3 is 11.9 Å². The molecule has 0 atom stereocenters. The number of allylic oxidation sites excluding steroid dienone is 2. The molecule has 0 amide bonds. The third-order valence-electron chi connectivity index (χ3n) is 2.07. The van der Waals surface area contributed by atoms with Gasteiger partial charge in [0.15, 0.2) is 0 Å². The second-order valence-electron chi connectivity index (χ2n) is 3.59. The highest BCUT2D eigenvalue weighted by Crippen LogP contribution is 2.02. The zero-order valence-electron chi connectivity index (χ0n) is 11.2. The van der Waals surface area contributed by atoms with Crippen molar-refractivity contribution in [2.75, 3.05) is 13.2 Å². The van der Waals surface area contributed by atoms with E-state index < -0.39 is 0 Å². The van der Waals surface area contributed by atoms with E-state index in [2.05, 4.69) is 0 Å². The lowest BCUT2D eigenvalue weighted by atomic mass is 10.2. The van der Waals surface area contributed by atoms with Gasteiger partial charge in [-0.3, -0.25) is 0 Å². The molecule has 0 saturated heterocycles. The van der Waals surface area contributed by atoms with Crippen LogP contribution in [0.3, 0.4) is 0 Å². The topological polar surface area (TPSA) is 52.6 Å². The molecule has 0 rings (SSSR count). The third-order valence-corrected chi connectivity index (χ3v) is 2.07. The highest BCUT2D eigenvalue weighted by atomic mass is 16.5. The number of carbonyl (C=O) groups excluding carboxylic acids is 2. The van der Waals surface area contributed by atoms with Gasteiger partial charge in [-0.2, -0.15) is 0 Å². The van der Waals surface area contributed by atoms with Crippen molar-refractivity contribution < 1.29 is 19.1 Å². The Morgan fingerprint density at radius 1 is 0.833 bits per heavy atom. The van der Waals surface area contributed by atoms with Crippen molar-refractivity contribution in [2.45, 2.75) is 39.5 Å². The van der Waals surface area contributed by atoms with Crippen molar-refractivity contribution in [3.05, 3.63) is 24.3 Å². The van der Waals surface area contributed by atoms with Crippen LogP contribution in [-0.4, -0.2) is 25.2 Å². The molecule has 0 aromatic carbocycles. The van der Waals surface area contributed by atoms with Crippen LogP contribution in [0.2, 0.25) is 0 Å². The molecule has 0 heterocycles. The maximum absolute atomic E-state index is 10.9. The summed E-state index contributed by atoms with van der Waals surface area (Å²) in [7, 11) is 0. The number of unbranched alkanes of at least 4 members (excludes halogenated alkanes) is 3. The van der Waals surface area contributed by atoms with Crippen LogP contribution < -0.4 is 0 Å². The summed E-state index contributed by atoms with van der Waals surface area (Å²) in [6, 6.07) is 0. The largest absolute Gasteiger partial charge is 0.463 e. The van der Waals surface area contributed by atoms with Crippen molar-refractivity contribution in [3.8, 4) is 0 Å². The van der Waals surface area contributed by atoms with E-state index in [4.69, 9.17) is 9.47 Å². The van der Waals surface area contributed by atoms with E-state index in [0.29, 0.717) is 13.2 Å². The molecular weight excluding hydrogens is 232 g/mol. The number of carbonyl (C=O) groups is 2. The molecule has 0 aliphatic heterocycles. The molecule has 0 fully saturated rings. The number of hydrogen-bond donors (Lipinski definition) is 0. The third kappa shape index (κ3) is 10.9. The van der Waals surface area contributed by atoms with Gasteiger partial charge in [-0.25, -0.2) is 9.59 Å². The van der Waals surface area contributed by atoms with Crippen LogP contribution >= 0.6 is 0 Å². The summed E-state index contributed by atoms with van der Waals surface area (Å²) in [6.07, 6.45) is 10.2. The smallest absolute Gasteiger partial charge is 0.330 e. The predicted molar refractivity (Wildman–Crippen MR) is 70.0 cm³/mol. The lowest BCUT2D eigenvalue weighted by Gasteiger charge is -1.96. The molecule has 0 aromatic heterocycles. The molecule has 0 bridgehead atoms. The minimum atomic E-state index is -0.292. The molecule has 0 radical (unpaired) electrons. The summed E-state index contributed by atoms with van der Waals surface area (Å²) in [4.78, 5) is 21.9. The van der Waals surface area contributed by atoms with E-state index in [1.165, 1.54) is 12.2 Å². The fourth-order valence-electron chi connectivity index (χ4n) is 1.26. The lowest BCUT2D eigenvalue weighted by Crippen LogP contribution is -1.98. The first-order valence-corrected chi connectivity index (χ1v) is 6.37. The Balaban J connectivity index is 3.46. The fraction of sp³-hybridized carbons (Fsp3) is 0.571. The molecule has 0 aromatic rings. The molecule has 0 aliphatic carbocycles. The van der Waals surface area contributed by atoms with Gasteiger partial charge in [-0.05, 0) is 39.5 Å².